The summed E-state index contributed by atoms with van der Waals surface area (Å²) in [7, 11) is 1.62. The zero-order valence-electron chi connectivity index (χ0n) is 28.2. The van der Waals surface area contributed by atoms with Crippen LogP contribution in [0.25, 0.3) is 6.08 Å². The maximum atomic E-state index is 12.6. The number of carbonyl (C=O) groups excluding carboxylic acids is 1. The van der Waals surface area contributed by atoms with Gasteiger partial charge in [-0.3, -0.25) is 0 Å². The number of methoxy groups -OCH3 is 1. The summed E-state index contributed by atoms with van der Waals surface area (Å²) < 4.78 is 22.9. The average Bonchev–Trinajstić information content (AvgIpc) is 3.43. The largest absolute Gasteiger partial charge is 0.494 e. The smallest absolute Gasteiger partial charge is 0.363 e. The fraction of sp³-hybridized carbons (Fsp3) is 0.590. The van der Waals surface area contributed by atoms with Crippen LogP contribution in [0.2, 0.25) is 0 Å². The minimum atomic E-state index is -0.473. The molecule has 0 unspecified atom stereocenters. The quantitative estimate of drug-likeness (QED) is 0.0628. The van der Waals surface area contributed by atoms with E-state index in [1.807, 2.05) is 42.5 Å². The van der Waals surface area contributed by atoms with E-state index in [-0.39, 0.29) is 5.70 Å². The number of esters is 1. The number of hydrogen-bond acceptors (Lipinski definition) is 6. The van der Waals surface area contributed by atoms with E-state index in [9.17, 15) is 4.79 Å². The Morgan fingerprint density at radius 3 is 1.73 bits per heavy atom. The summed E-state index contributed by atoms with van der Waals surface area (Å²) in [6, 6.07) is 13.2. The van der Waals surface area contributed by atoms with Crippen molar-refractivity contribution < 1.29 is 23.7 Å². The highest BCUT2D eigenvalue weighted by Gasteiger charge is 2.24. The second-order valence-electron chi connectivity index (χ2n) is 12.1. The van der Waals surface area contributed by atoms with Crippen LogP contribution in [0.15, 0.2) is 53.2 Å². The van der Waals surface area contributed by atoms with Gasteiger partial charge in [0.25, 0.3) is 0 Å². The van der Waals surface area contributed by atoms with E-state index in [0.717, 1.165) is 29.7 Å². The van der Waals surface area contributed by atoms with E-state index in [2.05, 4.69) is 18.8 Å². The molecule has 0 bridgehead atoms. The van der Waals surface area contributed by atoms with E-state index in [1.165, 1.54) is 103 Å². The Morgan fingerprint density at radius 2 is 1.18 bits per heavy atom. The first-order chi connectivity index (χ1) is 22.1. The van der Waals surface area contributed by atoms with E-state index in [0.29, 0.717) is 30.6 Å². The van der Waals surface area contributed by atoms with Gasteiger partial charge in [-0.25, -0.2) is 9.79 Å². The molecule has 45 heavy (non-hydrogen) atoms. The lowest BCUT2D eigenvalue weighted by molar-refractivity contribution is -0.129. The lowest BCUT2D eigenvalue weighted by Gasteiger charge is -2.11. The molecule has 6 nitrogen and oxygen atoms in total. The summed E-state index contributed by atoms with van der Waals surface area (Å²) in [5.41, 5.74) is 1.78. The number of rotatable bonds is 25. The Morgan fingerprint density at radius 1 is 0.644 bits per heavy atom. The molecule has 2 aromatic carbocycles. The Labute approximate surface area is 272 Å². The monoisotopic (exact) mass is 619 g/mol. The van der Waals surface area contributed by atoms with Crippen LogP contribution in [-0.2, 0) is 9.53 Å². The highest BCUT2D eigenvalue weighted by Crippen LogP contribution is 2.30. The van der Waals surface area contributed by atoms with Crippen LogP contribution in [0, 0.1) is 0 Å². The van der Waals surface area contributed by atoms with Crippen LogP contribution in [0.3, 0.4) is 0 Å². The van der Waals surface area contributed by atoms with Gasteiger partial charge in [-0.1, -0.05) is 123 Å². The molecule has 1 heterocycles. The van der Waals surface area contributed by atoms with Crippen molar-refractivity contribution in [2.75, 3.05) is 20.3 Å². The topological polar surface area (TPSA) is 66.3 Å². The molecule has 248 valence electrons. The summed E-state index contributed by atoms with van der Waals surface area (Å²) in [4.78, 5) is 17.0. The summed E-state index contributed by atoms with van der Waals surface area (Å²) in [6.07, 6.45) is 24.9. The Hall–Kier alpha value is -3.28. The molecule has 1 aliphatic heterocycles. The van der Waals surface area contributed by atoms with Crippen molar-refractivity contribution in [3.8, 4) is 17.2 Å². The first kappa shape index (κ1) is 36.2. The van der Waals surface area contributed by atoms with Gasteiger partial charge < -0.3 is 18.9 Å². The van der Waals surface area contributed by atoms with E-state index in [1.54, 1.807) is 13.2 Å². The Kier molecular flexibility index (Phi) is 17.9. The zero-order valence-corrected chi connectivity index (χ0v) is 28.2. The van der Waals surface area contributed by atoms with Gasteiger partial charge in [0.2, 0.25) is 5.90 Å². The highest BCUT2D eigenvalue weighted by molar-refractivity contribution is 6.12. The van der Waals surface area contributed by atoms with Gasteiger partial charge in [-0.15, -0.1) is 0 Å². The molecule has 0 atom stereocenters. The highest BCUT2D eigenvalue weighted by atomic mass is 16.6. The van der Waals surface area contributed by atoms with Crippen molar-refractivity contribution in [3.05, 3.63) is 59.3 Å². The molecule has 0 aliphatic carbocycles. The fourth-order valence-electron chi connectivity index (χ4n) is 5.48. The van der Waals surface area contributed by atoms with Gasteiger partial charge in [-0.05, 0) is 60.9 Å². The fourth-order valence-corrected chi connectivity index (χ4v) is 5.48. The van der Waals surface area contributed by atoms with Crippen LogP contribution in [0.1, 0.15) is 141 Å². The number of aliphatic imine (C=N–C) groups is 1. The molecule has 0 fully saturated rings. The first-order valence-corrected chi connectivity index (χ1v) is 17.7. The van der Waals surface area contributed by atoms with Crippen molar-refractivity contribution in [1.29, 1.82) is 0 Å². The minimum Gasteiger partial charge on any atom is -0.494 e. The van der Waals surface area contributed by atoms with Crippen LogP contribution in [-0.4, -0.2) is 32.2 Å². The van der Waals surface area contributed by atoms with Gasteiger partial charge >= 0.3 is 5.97 Å². The number of cyclic esters (lactones) is 1. The molecule has 0 N–H and O–H groups in total. The predicted octanol–water partition coefficient (Wildman–Crippen LogP) is 10.9. The number of benzene rings is 2. The van der Waals surface area contributed by atoms with Crippen molar-refractivity contribution in [1.82, 2.24) is 0 Å². The molecule has 0 spiro atoms. The molecule has 0 radical (unpaired) electrons. The minimum absolute atomic E-state index is 0.250. The summed E-state index contributed by atoms with van der Waals surface area (Å²) in [6.45, 7) is 5.87. The SMILES string of the molecule is CCCCCCCCCCCCCCOc1ccc(C2=N/C(=C\c3ccc(OCCCCCCCC)c(OC)c3)C(=O)O2)cc1. The third-order valence-electron chi connectivity index (χ3n) is 8.23. The van der Waals surface area contributed by atoms with Gasteiger partial charge in [-0.2, -0.15) is 0 Å². The van der Waals surface area contributed by atoms with Crippen molar-refractivity contribution in [2.45, 2.75) is 129 Å². The Bertz CT molecular complexity index is 1170. The second kappa shape index (κ2) is 22.3. The van der Waals surface area contributed by atoms with Crippen LogP contribution in [0.4, 0.5) is 0 Å². The summed E-state index contributed by atoms with van der Waals surface area (Å²) in [5.74, 6) is 1.97. The van der Waals surface area contributed by atoms with Gasteiger partial charge in [0.05, 0.1) is 20.3 Å². The first-order valence-electron chi connectivity index (χ1n) is 17.7. The number of nitrogens with zero attached hydrogens (tertiary/aromatic N) is 1. The molecule has 0 saturated heterocycles. The third-order valence-corrected chi connectivity index (χ3v) is 8.23. The van der Waals surface area contributed by atoms with Crippen LogP contribution in [0.5, 0.6) is 17.2 Å². The van der Waals surface area contributed by atoms with E-state index in [4.69, 9.17) is 18.9 Å². The molecule has 2 aromatic rings. The van der Waals surface area contributed by atoms with Gasteiger partial charge in [0.1, 0.15) is 5.75 Å². The van der Waals surface area contributed by atoms with Crippen molar-refractivity contribution >= 4 is 17.9 Å². The molecule has 3 rings (SSSR count). The number of ether oxygens (including phenoxy) is 4. The van der Waals surface area contributed by atoms with Crippen LogP contribution >= 0.6 is 0 Å². The van der Waals surface area contributed by atoms with E-state index < -0.39 is 5.97 Å². The lowest BCUT2D eigenvalue weighted by atomic mass is 10.1. The van der Waals surface area contributed by atoms with Crippen molar-refractivity contribution in [2.24, 2.45) is 4.99 Å². The van der Waals surface area contributed by atoms with Crippen molar-refractivity contribution in [3.63, 3.8) is 0 Å². The predicted molar refractivity (Wildman–Crippen MR) is 185 cm³/mol. The number of unbranched alkanes of at least 4 members (excludes halogenated alkanes) is 16. The number of hydrogen-bond donors (Lipinski definition) is 0. The van der Waals surface area contributed by atoms with Gasteiger partial charge in [0, 0.05) is 5.56 Å². The van der Waals surface area contributed by atoms with E-state index >= 15 is 0 Å². The number of carbonyl (C=O) groups is 1. The zero-order chi connectivity index (χ0) is 32.0. The molecule has 6 heteroatoms. The second-order valence-corrected chi connectivity index (χ2v) is 12.1. The molecular formula is C39H57NO5. The standard InChI is InChI=1S/C39H57NO5/c1-4-6-8-10-12-13-14-15-16-17-19-20-28-43-34-25-23-33(24-26-34)38-40-35(39(41)45-38)30-32-22-27-36(37(31-32)42-3)44-29-21-18-11-9-7-5-2/h22-27,30-31H,4-21,28-29H2,1-3H3/b35-30-. The summed E-state index contributed by atoms with van der Waals surface area (Å²) in [5, 5.41) is 0. The molecular weight excluding hydrogens is 562 g/mol. The third kappa shape index (κ3) is 14.1. The average molecular weight is 620 g/mol. The van der Waals surface area contributed by atoms with Gasteiger partial charge in [0.15, 0.2) is 17.2 Å². The normalized spacial score (nSPS) is 13.6. The maximum absolute atomic E-state index is 12.6. The van der Waals surface area contributed by atoms with Crippen LogP contribution < -0.4 is 14.2 Å². The molecule has 1 aliphatic rings. The summed E-state index contributed by atoms with van der Waals surface area (Å²) >= 11 is 0. The Balaban J connectivity index is 1.38. The molecule has 0 aromatic heterocycles. The lowest BCUT2D eigenvalue weighted by Crippen LogP contribution is -2.05. The molecule has 0 amide bonds. The maximum Gasteiger partial charge on any atom is 0.363 e. The molecule has 0 saturated carbocycles.